The summed E-state index contributed by atoms with van der Waals surface area (Å²) in [6.45, 7) is 4.32. The predicted octanol–water partition coefficient (Wildman–Crippen LogP) is 1.49. The normalized spacial score (nSPS) is 18.8. The lowest BCUT2D eigenvalue weighted by atomic mass is 10.3. The van der Waals surface area contributed by atoms with Gasteiger partial charge in [-0.2, -0.15) is 5.48 Å². The van der Waals surface area contributed by atoms with Gasteiger partial charge in [0.1, 0.15) is 0 Å². The van der Waals surface area contributed by atoms with Gasteiger partial charge in [-0.15, -0.1) is 0 Å². The molecular formula is C9H19NO2. The van der Waals surface area contributed by atoms with Crippen molar-refractivity contribution < 1.29 is 9.57 Å². The van der Waals surface area contributed by atoms with Crippen LogP contribution in [0.5, 0.6) is 0 Å². The number of nitrogens with one attached hydrogen (secondary N) is 1. The van der Waals surface area contributed by atoms with E-state index in [1.165, 1.54) is 25.7 Å². The molecule has 1 fully saturated rings. The molecule has 0 aliphatic heterocycles. The van der Waals surface area contributed by atoms with Crippen LogP contribution in [0.3, 0.4) is 0 Å². The van der Waals surface area contributed by atoms with E-state index in [0.717, 1.165) is 19.8 Å². The molecule has 1 aliphatic rings. The van der Waals surface area contributed by atoms with Crippen molar-refractivity contribution in [1.29, 1.82) is 0 Å². The quantitative estimate of drug-likeness (QED) is 0.487. The Labute approximate surface area is 74.4 Å². The second-order valence-corrected chi connectivity index (χ2v) is 3.12. The van der Waals surface area contributed by atoms with Crippen LogP contribution in [-0.4, -0.2) is 25.9 Å². The van der Waals surface area contributed by atoms with E-state index in [0.29, 0.717) is 6.10 Å². The first-order chi connectivity index (χ1) is 5.93. The van der Waals surface area contributed by atoms with Crippen molar-refractivity contribution in [2.24, 2.45) is 0 Å². The van der Waals surface area contributed by atoms with E-state index in [-0.39, 0.29) is 0 Å². The molecule has 0 radical (unpaired) electrons. The largest absolute Gasteiger partial charge is 0.380 e. The van der Waals surface area contributed by atoms with Crippen LogP contribution in [0.2, 0.25) is 0 Å². The molecule has 0 aromatic rings. The summed E-state index contributed by atoms with van der Waals surface area (Å²) >= 11 is 0. The lowest BCUT2D eigenvalue weighted by Crippen LogP contribution is -2.25. The van der Waals surface area contributed by atoms with Crippen molar-refractivity contribution in [2.75, 3.05) is 19.8 Å². The van der Waals surface area contributed by atoms with Gasteiger partial charge >= 0.3 is 0 Å². The summed E-state index contributed by atoms with van der Waals surface area (Å²) in [4.78, 5) is 5.42. The number of hydroxylamine groups is 1. The Morgan fingerprint density at radius 1 is 1.33 bits per heavy atom. The zero-order valence-corrected chi connectivity index (χ0v) is 7.84. The molecule has 1 N–H and O–H groups in total. The third-order valence-corrected chi connectivity index (χ3v) is 2.10. The van der Waals surface area contributed by atoms with E-state index in [9.17, 15) is 0 Å². The highest BCUT2D eigenvalue weighted by Gasteiger charge is 2.14. The zero-order chi connectivity index (χ0) is 8.65. The van der Waals surface area contributed by atoms with Crippen LogP contribution in [-0.2, 0) is 9.57 Å². The minimum Gasteiger partial charge on any atom is -0.380 e. The van der Waals surface area contributed by atoms with Gasteiger partial charge in [0.25, 0.3) is 0 Å². The monoisotopic (exact) mass is 173 g/mol. The summed E-state index contributed by atoms with van der Waals surface area (Å²) in [5, 5.41) is 0. The van der Waals surface area contributed by atoms with Gasteiger partial charge in [0.2, 0.25) is 0 Å². The maximum Gasteiger partial charge on any atom is 0.0790 e. The molecule has 1 saturated carbocycles. The number of rotatable bonds is 6. The molecule has 3 nitrogen and oxygen atoms in total. The molecular weight excluding hydrogens is 154 g/mol. The maximum atomic E-state index is 5.42. The first-order valence-corrected chi connectivity index (χ1v) is 4.89. The Hall–Kier alpha value is -0.120. The highest BCUT2D eigenvalue weighted by molar-refractivity contribution is 4.65. The van der Waals surface area contributed by atoms with Gasteiger partial charge in [-0.1, -0.05) is 12.8 Å². The van der Waals surface area contributed by atoms with Crippen LogP contribution in [0.1, 0.15) is 32.6 Å². The summed E-state index contributed by atoms with van der Waals surface area (Å²) in [5.74, 6) is 0. The predicted molar refractivity (Wildman–Crippen MR) is 47.8 cm³/mol. The van der Waals surface area contributed by atoms with Gasteiger partial charge in [0, 0.05) is 13.2 Å². The number of hydrogen-bond acceptors (Lipinski definition) is 3. The van der Waals surface area contributed by atoms with Gasteiger partial charge in [-0.05, 0) is 19.8 Å². The lowest BCUT2D eigenvalue weighted by Gasteiger charge is -2.11. The molecule has 0 aromatic heterocycles. The lowest BCUT2D eigenvalue weighted by molar-refractivity contribution is -0.0306. The first-order valence-electron chi connectivity index (χ1n) is 4.89. The standard InChI is InChI=1S/C9H19NO2/c1-2-11-8-7-10-12-9-5-3-4-6-9/h9-10H,2-8H2,1H3. The summed E-state index contributed by atoms with van der Waals surface area (Å²) < 4.78 is 5.16. The molecule has 0 spiro atoms. The topological polar surface area (TPSA) is 30.5 Å². The zero-order valence-electron chi connectivity index (χ0n) is 7.84. The fourth-order valence-corrected chi connectivity index (χ4v) is 1.44. The van der Waals surface area contributed by atoms with Crippen molar-refractivity contribution >= 4 is 0 Å². The van der Waals surface area contributed by atoms with Crippen molar-refractivity contribution in [3.05, 3.63) is 0 Å². The third kappa shape index (κ3) is 4.04. The summed E-state index contributed by atoms with van der Waals surface area (Å²) in [6.07, 6.45) is 5.51. The van der Waals surface area contributed by atoms with Crippen LogP contribution >= 0.6 is 0 Å². The van der Waals surface area contributed by atoms with Gasteiger partial charge in [0.15, 0.2) is 0 Å². The van der Waals surface area contributed by atoms with Crippen LogP contribution in [0, 0.1) is 0 Å². The van der Waals surface area contributed by atoms with Gasteiger partial charge in [-0.25, -0.2) is 0 Å². The van der Waals surface area contributed by atoms with Gasteiger partial charge < -0.3 is 4.74 Å². The summed E-state index contributed by atoms with van der Waals surface area (Å²) in [6, 6.07) is 0. The first kappa shape index (κ1) is 9.96. The molecule has 0 bridgehead atoms. The maximum absolute atomic E-state index is 5.42. The van der Waals surface area contributed by atoms with Crippen LogP contribution < -0.4 is 5.48 Å². The van der Waals surface area contributed by atoms with Crippen molar-refractivity contribution in [2.45, 2.75) is 38.7 Å². The Morgan fingerprint density at radius 3 is 2.75 bits per heavy atom. The average Bonchev–Trinajstić information content (AvgIpc) is 2.57. The Morgan fingerprint density at radius 2 is 2.08 bits per heavy atom. The van der Waals surface area contributed by atoms with Crippen molar-refractivity contribution in [1.82, 2.24) is 5.48 Å². The molecule has 3 heteroatoms. The molecule has 12 heavy (non-hydrogen) atoms. The second-order valence-electron chi connectivity index (χ2n) is 3.12. The van der Waals surface area contributed by atoms with E-state index in [1.54, 1.807) is 0 Å². The smallest absolute Gasteiger partial charge is 0.0790 e. The minimum atomic E-state index is 0.451. The molecule has 0 unspecified atom stereocenters. The molecule has 0 aromatic carbocycles. The average molecular weight is 173 g/mol. The molecule has 1 aliphatic carbocycles. The van der Waals surface area contributed by atoms with Crippen molar-refractivity contribution in [3.63, 3.8) is 0 Å². The molecule has 1 rings (SSSR count). The Balaban J connectivity index is 1.81. The minimum absolute atomic E-state index is 0.451. The van der Waals surface area contributed by atoms with Crippen LogP contribution in [0.25, 0.3) is 0 Å². The van der Waals surface area contributed by atoms with Gasteiger partial charge in [0.05, 0.1) is 12.7 Å². The Kier molecular flexibility index (Phi) is 5.32. The van der Waals surface area contributed by atoms with Gasteiger partial charge in [-0.3, -0.25) is 4.84 Å². The van der Waals surface area contributed by atoms with E-state index in [2.05, 4.69) is 5.48 Å². The molecule has 0 heterocycles. The summed E-state index contributed by atoms with van der Waals surface area (Å²) in [5.41, 5.74) is 2.94. The molecule has 0 saturated heterocycles. The Bertz CT molecular complexity index is 103. The third-order valence-electron chi connectivity index (χ3n) is 2.10. The summed E-state index contributed by atoms with van der Waals surface area (Å²) in [7, 11) is 0. The fraction of sp³-hybridized carbons (Fsp3) is 1.00. The van der Waals surface area contributed by atoms with E-state index < -0.39 is 0 Å². The number of hydrogen-bond donors (Lipinski definition) is 1. The SMILES string of the molecule is CCOCCNOC1CCCC1. The number of ether oxygens (including phenoxy) is 1. The van der Waals surface area contributed by atoms with Crippen molar-refractivity contribution in [3.8, 4) is 0 Å². The fourth-order valence-electron chi connectivity index (χ4n) is 1.44. The van der Waals surface area contributed by atoms with E-state index in [1.807, 2.05) is 6.92 Å². The van der Waals surface area contributed by atoms with E-state index >= 15 is 0 Å². The highest BCUT2D eigenvalue weighted by Crippen LogP contribution is 2.19. The van der Waals surface area contributed by atoms with E-state index in [4.69, 9.17) is 9.57 Å². The molecule has 72 valence electrons. The molecule has 0 atom stereocenters. The second kappa shape index (κ2) is 6.40. The molecule has 0 amide bonds. The van der Waals surface area contributed by atoms with Crippen LogP contribution in [0.4, 0.5) is 0 Å². The van der Waals surface area contributed by atoms with Crippen LogP contribution in [0.15, 0.2) is 0 Å². The highest BCUT2D eigenvalue weighted by atomic mass is 16.7.